The first kappa shape index (κ1) is 14.2. The molecule has 0 saturated carbocycles. The Kier molecular flexibility index (Phi) is 4.04. The maximum Gasteiger partial charge on any atom is 0.124 e. The molecule has 1 aliphatic heterocycles. The molecule has 2 N–H and O–H groups in total. The molecule has 1 saturated heterocycles. The van der Waals surface area contributed by atoms with Crippen LogP contribution in [-0.2, 0) is 5.41 Å². The Balaban J connectivity index is 2.24. The third kappa shape index (κ3) is 3.21. The molecule has 0 aromatic heterocycles. The Labute approximate surface area is 116 Å². The molecule has 2 rings (SSSR count). The predicted octanol–water partition coefficient (Wildman–Crippen LogP) is 2.92. The third-order valence-corrected chi connectivity index (χ3v) is 3.90. The van der Waals surface area contributed by atoms with Crippen molar-refractivity contribution in [2.75, 3.05) is 25.1 Å². The van der Waals surface area contributed by atoms with E-state index in [1.807, 2.05) is 0 Å². The summed E-state index contributed by atoms with van der Waals surface area (Å²) in [5.74, 6) is 0.986. The van der Waals surface area contributed by atoms with E-state index in [2.05, 4.69) is 43.9 Å². The molecule has 19 heavy (non-hydrogen) atoms. The zero-order chi connectivity index (χ0) is 14.0. The molecule has 0 amide bonds. The fourth-order valence-corrected chi connectivity index (χ4v) is 2.65. The largest absolute Gasteiger partial charge is 0.496 e. The molecule has 106 valence electrons. The van der Waals surface area contributed by atoms with Crippen LogP contribution in [0.4, 0.5) is 5.69 Å². The monoisotopic (exact) mass is 262 g/mol. The minimum atomic E-state index is 0.105. The summed E-state index contributed by atoms with van der Waals surface area (Å²) in [6, 6.07) is 6.94. The zero-order valence-electron chi connectivity index (χ0n) is 12.6. The maximum atomic E-state index is 5.96. The summed E-state index contributed by atoms with van der Waals surface area (Å²) in [4.78, 5) is 2.40. The number of anilines is 1. The average molecular weight is 262 g/mol. The van der Waals surface area contributed by atoms with Gasteiger partial charge in [-0.05, 0) is 29.9 Å². The number of methoxy groups -OCH3 is 1. The number of hydrogen-bond acceptors (Lipinski definition) is 3. The van der Waals surface area contributed by atoms with Crippen LogP contribution < -0.4 is 15.4 Å². The van der Waals surface area contributed by atoms with Crippen molar-refractivity contribution in [1.29, 1.82) is 0 Å². The standard InChI is InChI=1S/C16H26N2O/c1-16(2,3)14-6-5-13(11-15(14)19-4)18-9-7-12(17)8-10-18/h5-6,11-12H,7-10,17H2,1-4H3. The van der Waals surface area contributed by atoms with Gasteiger partial charge in [0.2, 0.25) is 0 Å². The second-order valence-electron chi connectivity index (χ2n) is 6.46. The Morgan fingerprint density at radius 3 is 2.37 bits per heavy atom. The van der Waals surface area contributed by atoms with Gasteiger partial charge in [-0.2, -0.15) is 0 Å². The van der Waals surface area contributed by atoms with Gasteiger partial charge in [-0.15, -0.1) is 0 Å². The summed E-state index contributed by atoms with van der Waals surface area (Å²) in [5, 5.41) is 0. The quantitative estimate of drug-likeness (QED) is 0.890. The van der Waals surface area contributed by atoms with Crippen LogP contribution in [0.25, 0.3) is 0 Å². The van der Waals surface area contributed by atoms with Crippen LogP contribution in [0.2, 0.25) is 0 Å². The fraction of sp³-hybridized carbons (Fsp3) is 0.625. The second kappa shape index (κ2) is 5.41. The van der Waals surface area contributed by atoms with Gasteiger partial charge in [0, 0.05) is 30.9 Å². The van der Waals surface area contributed by atoms with E-state index in [1.165, 1.54) is 11.3 Å². The van der Waals surface area contributed by atoms with Crippen LogP contribution >= 0.6 is 0 Å². The third-order valence-electron chi connectivity index (χ3n) is 3.90. The number of nitrogens with zero attached hydrogens (tertiary/aromatic N) is 1. The van der Waals surface area contributed by atoms with E-state index in [0.29, 0.717) is 6.04 Å². The Hall–Kier alpha value is -1.22. The van der Waals surface area contributed by atoms with E-state index in [0.717, 1.165) is 31.7 Å². The summed E-state index contributed by atoms with van der Waals surface area (Å²) in [5.41, 5.74) is 8.57. The number of hydrogen-bond donors (Lipinski definition) is 1. The summed E-state index contributed by atoms with van der Waals surface area (Å²) < 4.78 is 5.57. The Morgan fingerprint density at radius 1 is 1.21 bits per heavy atom. The highest BCUT2D eigenvalue weighted by atomic mass is 16.5. The van der Waals surface area contributed by atoms with Gasteiger partial charge in [0.1, 0.15) is 5.75 Å². The molecule has 0 bridgehead atoms. The van der Waals surface area contributed by atoms with Crippen molar-refractivity contribution in [3.63, 3.8) is 0 Å². The highest BCUT2D eigenvalue weighted by molar-refractivity contribution is 5.55. The van der Waals surface area contributed by atoms with Gasteiger partial charge in [-0.25, -0.2) is 0 Å². The SMILES string of the molecule is COc1cc(N2CCC(N)CC2)ccc1C(C)(C)C. The van der Waals surface area contributed by atoms with Crippen LogP contribution in [0.1, 0.15) is 39.2 Å². The van der Waals surface area contributed by atoms with Crippen LogP contribution in [0.3, 0.4) is 0 Å². The lowest BCUT2D eigenvalue weighted by molar-refractivity contribution is 0.397. The van der Waals surface area contributed by atoms with Gasteiger partial charge in [0.05, 0.1) is 7.11 Å². The van der Waals surface area contributed by atoms with Crippen molar-refractivity contribution in [2.45, 2.75) is 45.1 Å². The highest BCUT2D eigenvalue weighted by Gasteiger charge is 2.21. The molecule has 1 aromatic carbocycles. The molecule has 1 aromatic rings. The molecule has 0 spiro atoms. The average Bonchev–Trinajstić information content (AvgIpc) is 2.38. The van der Waals surface area contributed by atoms with E-state index in [9.17, 15) is 0 Å². The van der Waals surface area contributed by atoms with E-state index < -0.39 is 0 Å². The Morgan fingerprint density at radius 2 is 1.84 bits per heavy atom. The molecule has 3 heteroatoms. The first-order valence-corrected chi connectivity index (χ1v) is 7.11. The molecule has 1 heterocycles. The molecular weight excluding hydrogens is 236 g/mol. The number of ether oxygens (including phenoxy) is 1. The van der Waals surface area contributed by atoms with Crippen molar-refractivity contribution < 1.29 is 4.74 Å². The summed E-state index contributed by atoms with van der Waals surface area (Å²) in [6.45, 7) is 8.72. The molecule has 3 nitrogen and oxygen atoms in total. The van der Waals surface area contributed by atoms with Crippen LogP contribution in [0, 0.1) is 0 Å². The van der Waals surface area contributed by atoms with E-state index in [1.54, 1.807) is 7.11 Å². The van der Waals surface area contributed by atoms with Gasteiger partial charge in [-0.3, -0.25) is 0 Å². The van der Waals surface area contributed by atoms with Gasteiger partial charge in [-0.1, -0.05) is 26.8 Å². The zero-order valence-corrected chi connectivity index (χ0v) is 12.6. The van der Waals surface area contributed by atoms with Crippen LogP contribution in [0.15, 0.2) is 18.2 Å². The topological polar surface area (TPSA) is 38.5 Å². The van der Waals surface area contributed by atoms with Gasteiger partial charge >= 0.3 is 0 Å². The van der Waals surface area contributed by atoms with Gasteiger partial charge in [0.25, 0.3) is 0 Å². The summed E-state index contributed by atoms with van der Waals surface area (Å²) in [7, 11) is 1.75. The second-order valence-corrected chi connectivity index (χ2v) is 6.46. The van der Waals surface area contributed by atoms with Gasteiger partial charge < -0.3 is 15.4 Å². The minimum absolute atomic E-state index is 0.105. The highest BCUT2D eigenvalue weighted by Crippen LogP contribution is 2.34. The Bertz CT molecular complexity index is 429. The molecule has 0 atom stereocenters. The van der Waals surface area contributed by atoms with E-state index in [-0.39, 0.29) is 5.41 Å². The first-order chi connectivity index (χ1) is 8.91. The van der Waals surface area contributed by atoms with Crippen LogP contribution in [-0.4, -0.2) is 26.2 Å². The van der Waals surface area contributed by atoms with E-state index in [4.69, 9.17) is 10.5 Å². The van der Waals surface area contributed by atoms with Crippen molar-refractivity contribution >= 4 is 5.69 Å². The van der Waals surface area contributed by atoms with Crippen molar-refractivity contribution in [1.82, 2.24) is 0 Å². The van der Waals surface area contributed by atoms with Gasteiger partial charge in [0.15, 0.2) is 0 Å². The maximum absolute atomic E-state index is 5.96. The lowest BCUT2D eigenvalue weighted by Crippen LogP contribution is -2.39. The minimum Gasteiger partial charge on any atom is -0.496 e. The lowest BCUT2D eigenvalue weighted by Gasteiger charge is -2.33. The van der Waals surface area contributed by atoms with Crippen molar-refractivity contribution in [3.8, 4) is 5.75 Å². The van der Waals surface area contributed by atoms with Crippen molar-refractivity contribution in [2.24, 2.45) is 5.73 Å². The molecule has 0 unspecified atom stereocenters. The number of rotatable bonds is 2. The first-order valence-electron chi connectivity index (χ1n) is 7.11. The molecule has 0 radical (unpaired) electrons. The lowest BCUT2D eigenvalue weighted by atomic mass is 9.86. The van der Waals surface area contributed by atoms with E-state index >= 15 is 0 Å². The molecule has 0 aliphatic carbocycles. The molecular formula is C16H26N2O. The van der Waals surface area contributed by atoms with Crippen LogP contribution in [0.5, 0.6) is 5.75 Å². The predicted molar refractivity (Wildman–Crippen MR) is 81.1 cm³/mol. The summed E-state index contributed by atoms with van der Waals surface area (Å²) in [6.07, 6.45) is 2.15. The normalized spacial score (nSPS) is 17.6. The number of nitrogens with two attached hydrogens (primary N) is 1. The fourth-order valence-electron chi connectivity index (χ4n) is 2.65. The number of piperidine rings is 1. The molecule has 1 fully saturated rings. The number of benzene rings is 1. The smallest absolute Gasteiger partial charge is 0.124 e. The molecule has 1 aliphatic rings. The summed E-state index contributed by atoms with van der Waals surface area (Å²) >= 11 is 0. The van der Waals surface area contributed by atoms with Crippen molar-refractivity contribution in [3.05, 3.63) is 23.8 Å².